The summed E-state index contributed by atoms with van der Waals surface area (Å²) in [6, 6.07) is 7.42. The normalized spacial score (nSPS) is 29.8. The Bertz CT molecular complexity index is 434. The van der Waals surface area contributed by atoms with E-state index in [1.807, 2.05) is 24.3 Å². The number of carbonyl (C=O) groups is 1. The van der Waals surface area contributed by atoms with E-state index in [9.17, 15) is 9.90 Å². The number of hydrogen-bond acceptors (Lipinski definition) is 2. The van der Waals surface area contributed by atoms with Gasteiger partial charge in [0.1, 0.15) is 0 Å². The molecule has 90 valence electrons. The maximum absolute atomic E-state index is 12.1. The highest BCUT2D eigenvalue weighted by Crippen LogP contribution is 2.54. The molecule has 0 heterocycles. The van der Waals surface area contributed by atoms with E-state index in [1.54, 1.807) is 0 Å². The molecule has 2 aliphatic rings. The van der Waals surface area contributed by atoms with Crippen LogP contribution in [0.25, 0.3) is 0 Å². The summed E-state index contributed by atoms with van der Waals surface area (Å²) < 4.78 is 0. The van der Waals surface area contributed by atoms with Crippen LogP contribution in [0.1, 0.15) is 24.8 Å². The Kier molecular flexibility index (Phi) is 2.63. The minimum Gasteiger partial charge on any atom is -0.392 e. The van der Waals surface area contributed by atoms with Gasteiger partial charge in [-0.1, -0.05) is 18.2 Å². The number of aliphatic hydroxyl groups is 1. The molecule has 2 fully saturated rings. The lowest BCUT2D eigenvalue weighted by Crippen LogP contribution is -2.22. The van der Waals surface area contributed by atoms with Crippen molar-refractivity contribution in [2.45, 2.75) is 25.9 Å². The maximum Gasteiger partial charge on any atom is 0.227 e. The highest BCUT2D eigenvalue weighted by Gasteiger charge is 2.47. The fourth-order valence-corrected chi connectivity index (χ4v) is 2.94. The van der Waals surface area contributed by atoms with Crippen molar-refractivity contribution in [3.8, 4) is 0 Å². The summed E-state index contributed by atoms with van der Waals surface area (Å²) in [6.07, 6.45) is 3.44. The first-order chi connectivity index (χ1) is 8.28. The first kappa shape index (κ1) is 10.8. The van der Waals surface area contributed by atoms with Crippen LogP contribution in [-0.2, 0) is 11.4 Å². The fraction of sp³-hybridized carbons (Fsp3) is 0.500. The van der Waals surface area contributed by atoms with E-state index in [0.29, 0.717) is 0 Å². The van der Waals surface area contributed by atoms with E-state index < -0.39 is 0 Å². The molecule has 1 aromatic rings. The van der Waals surface area contributed by atoms with Gasteiger partial charge in [-0.3, -0.25) is 4.79 Å². The number of carbonyl (C=O) groups excluding carboxylic acids is 1. The van der Waals surface area contributed by atoms with Gasteiger partial charge in [0, 0.05) is 17.2 Å². The SMILES string of the molecule is O=C(Nc1ccccc1CO)C1CC2CC2C1. The van der Waals surface area contributed by atoms with Crippen molar-refractivity contribution in [3.63, 3.8) is 0 Å². The van der Waals surface area contributed by atoms with E-state index >= 15 is 0 Å². The average Bonchev–Trinajstić information content (AvgIpc) is 2.96. The maximum atomic E-state index is 12.1. The highest BCUT2D eigenvalue weighted by molar-refractivity contribution is 5.93. The lowest BCUT2D eigenvalue weighted by molar-refractivity contribution is -0.120. The second kappa shape index (κ2) is 4.15. The van der Waals surface area contributed by atoms with Crippen LogP contribution in [0.4, 0.5) is 5.69 Å². The second-order valence-electron chi connectivity index (χ2n) is 5.23. The number of para-hydroxylation sites is 1. The lowest BCUT2D eigenvalue weighted by Gasteiger charge is -2.14. The molecular formula is C14H17NO2. The van der Waals surface area contributed by atoms with Crippen molar-refractivity contribution in [3.05, 3.63) is 29.8 Å². The van der Waals surface area contributed by atoms with Gasteiger partial charge in [-0.25, -0.2) is 0 Å². The second-order valence-corrected chi connectivity index (χ2v) is 5.23. The molecule has 0 saturated heterocycles. The van der Waals surface area contributed by atoms with Crippen molar-refractivity contribution in [2.75, 3.05) is 5.32 Å². The number of anilines is 1. The molecule has 2 unspecified atom stereocenters. The van der Waals surface area contributed by atoms with E-state index in [4.69, 9.17) is 0 Å². The molecule has 3 nitrogen and oxygen atoms in total. The van der Waals surface area contributed by atoms with Gasteiger partial charge in [0.15, 0.2) is 0 Å². The summed E-state index contributed by atoms with van der Waals surface area (Å²) in [4.78, 5) is 12.1. The molecule has 0 aliphatic heterocycles. The zero-order valence-electron chi connectivity index (χ0n) is 9.73. The number of amides is 1. The van der Waals surface area contributed by atoms with Crippen molar-refractivity contribution in [1.29, 1.82) is 0 Å². The predicted octanol–water partition coefficient (Wildman–Crippen LogP) is 2.16. The molecule has 3 heteroatoms. The van der Waals surface area contributed by atoms with Crippen molar-refractivity contribution in [1.82, 2.24) is 0 Å². The van der Waals surface area contributed by atoms with Crippen molar-refractivity contribution in [2.24, 2.45) is 17.8 Å². The van der Waals surface area contributed by atoms with E-state index in [1.165, 1.54) is 6.42 Å². The Morgan fingerprint density at radius 3 is 2.65 bits per heavy atom. The van der Waals surface area contributed by atoms with Gasteiger partial charge >= 0.3 is 0 Å². The molecule has 2 N–H and O–H groups in total. The molecule has 17 heavy (non-hydrogen) atoms. The average molecular weight is 231 g/mol. The minimum atomic E-state index is -0.0353. The zero-order chi connectivity index (χ0) is 11.8. The van der Waals surface area contributed by atoms with Gasteiger partial charge in [0.2, 0.25) is 5.91 Å². The molecule has 1 aromatic carbocycles. The first-order valence-electron chi connectivity index (χ1n) is 6.27. The smallest absolute Gasteiger partial charge is 0.227 e. The Morgan fingerprint density at radius 1 is 1.24 bits per heavy atom. The van der Waals surface area contributed by atoms with Crippen LogP contribution in [0.2, 0.25) is 0 Å². The summed E-state index contributed by atoms with van der Waals surface area (Å²) in [6.45, 7) is -0.0353. The molecule has 2 saturated carbocycles. The van der Waals surface area contributed by atoms with Gasteiger partial charge in [0.25, 0.3) is 0 Å². The number of aliphatic hydroxyl groups excluding tert-OH is 1. The summed E-state index contributed by atoms with van der Waals surface area (Å²) in [5.74, 6) is 1.95. The quantitative estimate of drug-likeness (QED) is 0.837. The highest BCUT2D eigenvalue weighted by atomic mass is 16.3. The summed E-state index contributed by atoms with van der Waals surface area (Å²) in [7, 11) is 0. The Labute approximate surface area is 101 Å². The van der Waals surface area contributed by atoms with Crippen LogP contribution in [0.15, 0.2) is 24.3 Å². The molecule has 2 atom stereocenters. The lowest BCUT2D eigenvalue weighted by atomic mass is 10.0. The number of rotatable bonds is 3. The van der Waals surface area contributed by atoms with Crippen LogP contribution >= 0.6 is 0 Å². The van der Waals surface area contributed by atoms with Crippen LogP contribution in [0, 0.1) is 17.8 Å². The molecule has 0 spiro atoms. The van der Waals surface area contributed by atoms with E-state index in [2.05, 4.69) is 5.32 Å². The standard InChI is InChI=1S/C14H17NO2/c16-8-9-3-1-2-4-13(9)15-14(17)12-6-10-5-11(10)7-12/h1-4,10-12,16H,5-8H2,(H,15,17). The van der Waals surface area contributed by atoms with Crippen LogP contribution in [0.5, 0.6) is 0 Å². The molecule has 3 rings (SSSR count). The van der Waals surface area contributed by atoms with Crippen molar-refractivity contribution >= 4 is 11.6 Å². The van der Waals surface area contributed by atoms with Crippen LogP contribution < -0.4 is 5.32 Å². The Morgan fingerprint density at radius 2 is 1.94 bits per heavy atom. The molecular weight excluding hydrogens is 214 g/mol. The van der Waals surface area contributed by atoms with Crippen LogP contribution in [0.3, 0.4) is 0 Å². The van der Waals surface area contributed by atoms with Crippen LogP contribution in [-0.4, -0.2) is 11.0 Å². The summed E-state index contributed by atoms with van der Waals surface area (Å²) >= 11 is 0. The van der Waals surface area contributed by atoms with Gasteiger partial charge in [0.05, 0.1) is 6.61 Å². The number of benzene rings is 1. The topological polar surface area (TPSA) is 49.3 Å². The Hall–Kier alpha value is -1.35. The third-order valence-corrected chi connectivity index (χ3v) is 4.06. The first-order valence-corrected chi connectivity index (χ1v) is 6.27. The fourth-order valence-electron chi connectivity index (χ4n) is 2.94. The largest absolute Gasteiger partial charge is 0.392 e. The molecule has 0 bridgehead atoms. The van der Waals surface area contributed by atoms with Gasteiger partial charge in [-0.2, -0.15) is 0 Å². The Balaban J connectivity index is 1.67. The van der Waals surface area contributed by atoms with Crippen molar-refractivity contribution < 1.29 is 9.90 Å². The summed E-state index contributed by atoms with van der Waals surface area (Å²) in [5, 5.41) is 12.1. The summed E-state index contributed by atoms with van der Waals surface area (Å²) in [5.41, 5.74) is 1.53. The monoisotopic (exact) mass is 231 g/mol. The van der Waals surface area contributed by atoms with Gasteiger partial charge < -0.3 is 10.4 Å². The van der Waals surface area contributed by atoms with Gasteiger partial charge in [-0.05, 0) is 37.2 Å². The minimum absolute atomic E-state index is 0.0353. The van der Waals surface area contributed by atoms with E-state index in [-0.39, 0.29) is 18.4 Å². The number of nitrogens with one attached hydrogen (secondary N) is 1. The number of fused-ring (bicyclic) bond motifs is 1. The molecule has 2 aliphatic carbocycles. The third kappa shape index (κ3) is 2.07. The molecule has 0 aromatic heterocycles. The molecule has 0 radical (unpaired) electrons. The van der Waals surface area contributed by atoms with Gasteiger partial charge in [-0.15, -0.1) is 0 Å². The van der Waals surface area contributed by atoms with E-state index in [0.717, 1.165) is 35.9 Å². The molecule has 1 amide bonds. The third-order valence-electron chi connectivity index (χ3n) is 4.06. The zero-order valence-corrected chi connectivity index (χ0v) is 9.73. The predicted molar refractivity (Wildman–Crippen MR) is 65.3 cm³/mol. The number of hydrogen-bond donors (Lipinski definition) is 2.